The highest BCUT2D eigenvalue weighted by Crippen LogP contribution is 2.36. The standard InChI is InChI=1S/C21H14N2O4S/c1-23-16-11-14(27-21(16)22-20(23)13-7-3-2-4-8-13)12-18-19(24)15-9-5-6-10-17(15)28(18,25)26/h2-12H,1H3/b18-12+. The summed E-state index contributed by atoms with van der Waals surface area (Å²) in [6.45, 7) is 0. The number of carbonyl (C=O) groups is 1. The fourth-order valence-electron chi connectivity index (χ4n) is 3.45. The summed E-state index contributed by atoms with van der Waals surface area (Å²) in [5.74, 6) is 0.493. The van der Waals surface area contributed by atoms with Gasteiger partial charge in [0.2, 0.25) is 21.3 Å². The zero-order valence-corrected chi connectivity index (χ0v) is 15.6. The predicted molar refractivity (Wildman–Crippen MR) is 104 cm³/mol. The van der Waals surface area contributed by atoms with Gasteiger partial charge in [-0.3, -0.25) is 4.79 Å². The third kappa shape index (κ3) is 2.30. The van der Waals surface area contributed by atoms with Crippen molar-refractivity contribution in [2.75, 3.05) is 0 Å². The molecule has 0 saturated carbocycles. The fourth-order valence-corrected chi connectivity index (χ4v) is 5.02. The van der Waals surface area contributed by atoms with Gasteiger partial charge in [-0.25, -0.2) is 8.42 Å². The van der Waals surface area contributed by atoms with Gasteiger partial charge in [-0.15, -0.1) is 0 Å². The van der Waals surface area contributed by atoms with Crippen molar-refractivity contribution in [3.63, 3.8) is 0 Å². The third-order valence-corrected chi connectivity index (χ3v) is 6.66. The van der Waals surface area contributed by atoms with E-state index in [1.54, 1.807) is 18.2 Å². The van der Waals surface area contributed by atoms with Gasteiger partial charge in [0.15, 0.2) is 0 Å². The van der Waals surface area contributed by atoms with Crippen LogP contribution in [0.5, 0.6) is 0 Å². The van der Waals surface area contributed by atoms with Gasteiger partial charge in [-0.1, -0.05) is 42.5 Å². The second kappa shape index (κ2) is 5.77. The molecule has 0 N–H and O–H groups in total. The van der Waals surface area contributed by atoms with Gasteiger partial charge in [0.05, 0.1) is 4.90 Å². The van der Waals surface area contributed by atoms with Crippen LogP contribution in [0, 0.1) is 0 Å². The number of ketones is 1. The maximum atomic E-state index is 12.7. The van der Waals surface area contributed by atoms with Crippen molar-refractivity contribution >= 4 is 32.9 Å². The van der Waals surface area contributed by atoms with Gasteiger partial charge in [-0.2, -0.15) is 4.98 Å². The van der Waals surface area contributed by atoms with Crippen LogP contribution in [-0.4, -0.2) is 23.8 Å². The van der Waals surface area contributed by atoms with Crippen molar-refractivity contribution in [2.45, 2.75) is 4.90 Å². The third-order valence-electron chi connectivity index (χ3n) is 4.84. The molecule has 0 radical (unpaired) electrons. The first kappa shape index (κ1) is 16.7. The van der Waals surface area contributed by atoms with Crippen molar-refractivity contribution in [3.8, 4) is 11.4 Å². The summed E-state index contributed by atoms with van der Waals surface area (Å²) in [6.07, 6.45) is 1.28. The van der Waals surface area contributed by atoms with Crippen molar-refractivity contribution in [1.82, 2.24) is 9.55 Å². The lowest BCUT2D eigenvalue weighted by Crippen LogP contribution is -2.01. The number of rotatable bonds is 2. The Bertz CT molecular complexity index is 1390. The Labute approximate surface area is 160 Å². The van der Waals surface area contributed by atoms with Gasteiger partial charge in [0, 0.05) is 30.3 Å². The number of sulfone groups is 1. The second-order valence-corrected chi connectivity index (χ2v) is 8.42. The Kier molecular flexibility index (Phi) is 3.44. The molecule has 0 bridgehead atoms. The smallest absolute Gasteiger partial charge is 0.245 e. The summed E-state index contributed by atoms with van der Waals surface area (Å²) in [7, 11) is -1.99. The number of hydrogen-bond donors (Lipinski definition) is 0. The number of nitrogens with zero attached hydrogens (tertiary/aromatic N) is 2. The molecule has 0 spiro atoms. The monoisotopic (exact) mass is 390 g/mol. The van der Waals surface area contributed by atoms with Gasteiger partial charge >= 0.3 is 0 Å². The van der Waals surface area contributed by atoms with E-state index >= 15 is 0 Å². The van der Waals surface area contributed by atoms with Crippen molar-refractivity contribution in [3.05, 3.63) is 76.9 Å². The van der Waals surface area contributed by atoms with Crippen LogP contribution >= 0.6 is 0 Å². The summed E-state index contributed by atoms with van der Waals surface area (Å²) in [6, 6.07) is 17.6. The SMILES string of the molecule is Cn1c(-c2ccccc2)nc2oc(/C=C3\C(=O)c4ccccc4S3(=O)=O)cc21. The normalized spacial score (nSPS) is 16.8. The number of fused-ring (bicyclic) bond motifs is 2. The molecule has 28 heavy (non-hydrogen) atoms. The number of furan rings is 1. The lowest BCUT2D eigenvalue weighted by molar-refractivity contribution is 0.104. The van der Waals surface area contributed by atoms with Crippen molar-refractivity contribution < 1.29 is 17.6 Å². The molecule has 4 aromatic rings. The summed E-state index contributed by atoms with van der Waals surface area (Å²) in [4.78, 5) is 16.8. The average Bonchev–Trinajstić information content (AvgIpc) is 3.30. The molecule has 0 unspecified atom stereocenters. The van der Waals surface area contributed by atoms with E-state index in [1.807, 2.05) is 41.9 Å². The largest absolute Gasteiger partial charge is 0.437 e. The molecule has 6 nitrogen and oxygen atoms in total. The minimum atomic E-state index is -3.85. The molecule has 2 aromatic carbocycles. The molecule has 0 atom stereocenters. The molecule has 7 heteroatoms. The summed E-state index contributed by atoms with van der Waals surface area (Å²) in [5, 5.41) is 0. The first-order valence-corrected chi connectivity index (χ1v) is 10.1. The van der Waals surface area contributed by atoms with Gasteiger partial charge in [0.1, 0.15) is 22.0 Å². The molecular formula is C21H14N2O4S. The number of aryl methyl sites for hydroxylation is 1. The van der Waals surface area contributed by atoms with E-state index in [-0.39, 0.29) is 21.1 Å². The van der Waals surface area contributed by atoms with Gasteiger partial charge < -0.3 is 8.98 Å². The molecule has 0 amide bonds. The maximum Gasteiger partial charge on any atom is 0.245 e. The molecule has 2 aromatic heterocycles. The van der Waals surface area contributed by atoms with E-state index in [4.69, 9.17) is 4.42 Å². The van der Waals surface area contributed by atoms with E-state index < -0.39 is 15.6 Å². The highest BCUT2D eigenvalue weighted by molar-refractivity contribution is 7.97. The number of benzene rings is 2. The number of hydrogen-bond acceptors (Lipinski definition) is 5. The van der Waals surface area contributed by atoms with Crippen LogP contribution in [-0.2, 0) is 16.9 Å². The minimum Gasteiger partial charge on any atom is -0.437 e. The second-order valence-electron chi connectivity index (χ2n) is 6.54. The van der Waals surface area contributed by atoms with E-state index in [9.17, 15) is 13.2 Å². The van der Waals surface area contributed by atoms with E-state index in [1.165, 1.54) is 18.2 Å². The summed E-state index contributed by atoms with van der Waals surface area (Å²) in [5.41, 5.74) is 2.23. The Morgan fingerprint density at radius 2 is 1.75 bits per heavy atom. The molecule has 0 fully saturated rings. The fraction of sp³-hybridized carbons (Fsp3) is 0.0476. The predicted octanol–water partition coefficient (Wildman–Crippen LogP) is 3.84. The van der Waals surface area contributed by atoms with E-state index in [0.717, 1.165) is 11.4 Å². The Morgan fingerprint density at radius 3 is 2.46 bits per heavy atom. The number of aromatic nitrogens is 2. The Hall–Kier alpha value is -3.45. The topological polar surface area (TPSA) is 82.2 Å². The number of Topliss-reactive ketones (excluding diaryl/α,β-unsaturated/α-hetero) is 1. The molecule has 5 rings (SSSR count). The molecule has 3 heterocycles. The maximum absolute atomic E-state index is 12.7. The molecule has 1 aliphatic rings. The molecule has 0 aliphatic carbocycles. The van der Waals surface area contributed by atoms with Gasteiger partial charge in [0.25, 0.3) is 0 Å². The highest BCUT2D eigenvalue weighted by Gasteiger charge is 2.39. The molecule has 0 saturated heterocycles. The summed E-state index contributed by atoms with van der Waals surface area (Å²) >= 11 is 0. The lowest BCUT2D eigenvalue weighted by atomic mass is 10.1. The molecule has 138 valence electrons. The van der Waals surface area contributed by atoms with Crippen LogP contribution < -0.4 is 0 Å². The number of carbonyl (C=O) groups excluding carboxylic acids is 1. The summed E-state index contributed by atoms with van der Waals surface area (Å²) < 4.78 is 33.0. The van der Waals surface area contributed by atoms with Crippen molar-refractivity contribution in [2.24, 2.45) is 7.05 Å². The van der Waals surface area contributed by atoms with Gasteiger partial charge in [-0.05, 0) is 12.1 Å². The number of allylic oxidation sites excluding steroid dienone is 1. The highest BCUT2D eigenvalue weighted by atomic mass is 32.2. The number of imidazole rings is 1. The van der Waals surface area contributed by atoms with Crippen LogP contribution in [0.3, 0.4) is 0 Å². The zero-order valence-electron chi connectivity index (χ0n) is 14.8. The van der Waals surface area contributed by atoms with Crippen LogP contribution in [0.4, 0.5) is 0 Å². The zero-order chi connectivity index (χ0) is 19.5. The Balaban J connectivity index is 1.61. The Morgan fingerprint density at radius 1 is 1.04 bits per heavy atom. The molecular weight excluding hydrogens is 376 g/mol. The lowest BCUT2D eigenvalue weighted by Gasteiger charge is -2.01. The first-order valence-electron chi connectivity index (χ1n) is 8.59. The van der Waals surface area contributed by atoms with Crippen molar-refractivity contribution in [1.29, 1.82) is 0 Å². The van der Waals surface area contributed by atoms with Crippen LogP contribution in [0.1, 0.15) is 16.1 Å². The quantitative estimate of drug-likeness (QED) is 0.486. The van der Waals surface area contributed by atoms with E-state index in [2.05, 4.69) is 4.98 Å². The van der Waals surface area contributed by atoms with E-state index in [0.29, 0.717) is 11.2 Å². The molecule has 1 aliphatic heterocycles. The van der Waals surface area contributed by atoms with Crippen LogP contribution in [0.25, 0.3) is 28.7 Å². The average molecular weight is 390 g/mol. The van der Waals surface area contributed by atoms with Crippen LogP contribution in [0.15, 0.2) is 74.9 Å². The minimum absolute atomic E-state index is 0.0341. The van der Waals surface area contributed by atoms with Crippen LogP contribution in [0.2, 0.25) is 0 Å². The first-order chi connectivity index (χ1) is 13.5.